The molecule has 128 valence electrons. The molecule has 0 spiro atoms. The molecule has 0 amide bonds. The lowest BCUT2D eigenvalue weighted by molar-refractivity contribution is 0.208. The maximum Gasteiger partial charge on any atom is 0.134 e. The summed E-state index contributed by atoms with van der Waals surface area (Å²) in [7, 11) is 2.20. The molecule has 3 heterocycles. The Labute approximate surface area is 138 Å². The topological polar surface area (TPSA) is 64.5 Å². The number of hydrogen-bond acceptors (Lipinski definition) is 6. The van der Waals surface area contributed by atoms with Crippen molar-refractivity contribution >= 4 is 11.6 Å². The van der Waals surface area contributed by atoms with Gasteiger partial charge in [-0.2, -0.15) is 0 Å². The van der Waals surface area contributed by atoms with E-state index in [0.717, 1.165) is 50.7 Å². The Morgan fingerprint density at radius 2 is 2.00 bits per heavy atom. The smallest absolute Gasteiger partial charge is 0.134 e. The summed E-state index contributed by atoms with van der Waals surface area (Å²) < 4.78 is 0. The first-order chi connectivity index (χ1) is 11.2. The van der Waals surface area contributed by atoms with Crippen LogP contribution in [0, 0.1) is 11.8 Å². The number of piperidine rings is 2. The van der Waals surface area contributed by atoms with Crippen LogP contribution in [0.2, 0.25) is 0 Å². The van der Waals surface area contributed by atoms with Gasteiger partial charge in [0.15, 0.2) is 0 Å². The van der Waals surface area contributed by atoms with Gasteiger partial charge in [-0.25, -0.2) is 9.97 Å². The minimum absolute atomic E-state index is 0.266. The summed E-state index contributed by atoms with van der Waals surface area (Å²) in [5.41, 5.74) is 0. The van der Waals surface area contributed by atoms with Gasteiger partial charge in [0.05, 0.1) is 0 Å². The van der Waals surface area contributed by atoms with Crippen LogP contribution in [-0.2, 0) is 0 Å². The Morgan fingerprint density at radius 3 is 2.83 bits per heavy atom. The quantitative estimate of drug-likeness (QED) is 0.856. The number of aliphatic hydroxyl groups excluding tert-OH is 1. The molecule has 6 heteroatoms. The first kappa shape index (κ1) is 16.5. The van der Waals surface area contributed by atoms with E-state index in [1.54, 1.807) is 6.33 Å². The summed E-state index contributed by atoms with van der Waals surface area (Å²) in [6, 6.07) is 2.05. The number of hydrogen-bond donors (Lipinski definition) is 2. The van der Waals surface area contributed by atoms with E-state index >= 15 is 0 Å². The third-order valence-electron chi connectivity index (χ3n) is 5.05. The molecule has 2 fully saturated rings. The number of rotatable bonds is 5. The van der Waals surface area contributed by atoms with Crippen molar-refractivity contribution in [2.45, 2.75) is 25.7 Å². The van der Waals surface area contributed by atoms with E-state index in [9.17, 15) is 5.11 Å². The number of aliphatic hydroxyl groups is 1. The molecule has 0 aromatic carbocycles. The molecular formula is C17H29N5O. The summed E-state index contributed by atoms with van der Waals surface area (Å²) in [5, 5.41) is 12.9. The summed E-state index contributed by atoms with van der Waals surface area (Å²) in [4.78, 5) is 13.5. The van der Waals surface area contributed by atoms with Crippen molar-refractivity contribution in [3.8, 4) is 0 Å². The number of nitrogens with zero attached hydrogens (tertiary/aromatic N) is 4. The maximum atomic E-state index is 9.38. The van der Waals surface area contributed by atoms with Crippen LogP contribution in [0.15, 0.2) is 12.4 Å². The highest BCUT2D eigenvalue weighted by molar-refractivity contribution is 5.48. The van der Waals surface area contributed by atoms with Crippen LogP contribution in [0.3, 0.4) is 0 Å². The Kier molecular flexibility index (Phi) is 5.67. The Hall–Kier alpha value is -1.40. The Morgan fingerprint density at radius 1 is 1.17 bits per heavy atom. The van der Waals surface area contributed by atoms with Crippen molar-refractivity contribution in [2.24, 2.45) is 11.8 Å². The Balaban J connectivity index is 1.56. The second-order valence-electron chi connectivity index (χ2n) is 7.05. The van der Waals surface area contributed by atoms with Crippen molar-refractivity contribution in [3.05, 3.63) is 12.4 Å². The van der Waals surface area contributed by atoms with Gasteiger partial charge in [0, 0.05) is 38.9 Å². The van der Waals surface area contributed by atoms with Crippen molar-refractivity contribution < 1.29 is 5.11 Å². The molecule has 2 aliphatic rings. The molecule has 6 nitrogen and oxygen atoms in total. The van der Waals surface area contributed by atoms with Gasteiger partial charge in [-0.15, -0.1) is 0 Å². The van der Waals surface area contributed by atoms with Gasteiger partial charge in [0.2, 0.25) is 0 Å². The van der Waals surface area contributed by atoms with E-state index in [1.807, 2.05) is 6.07 Å². The van der Waals surface area contributed by atoms with E-state index in [2.05, 4.69) is 32.1 Å². The molecule has 23 heavy (non-hydrogen) atoms. The largest absolute Gasteiger partial charge is 0.396 e. The standard InChI is InChI=1S/C17H29N5O/c1-21-6-2-4-14(10-21)9-18-16-8-17(20-13-19-16)22-7-3-5-15(11-22)12-23/h8,13-15,23H,2-7,9-12H2,1H3,(H,18,19,20). The van der Waals surface area contributed by atoms with Crippen molar-refractivity contribution in [2.75, 3.05) is 56.6 Å². The summed E-state index contributed by atoms with van der Waals surface area (Å²) in [5.74, 6) is 2.95. The maximum absolute atomic E-state index is 9.38. The lowest BCUT2D eigenvalue weighted by Gasteiger charge is -2.33. The molecule has 0 aliphatic carbocycles. The average Bonchev–Trinajstić information content (AvgIpc) is 2.60. The molecule has 2 aliphatic heterocycles. The van der Waals surface area contributed by atoms with Gasteiger partial charge in [0.25, 0.3) is 0 Å². The predicted molar refractivity (Wildman–Crippen MR) is 92.8 cm³/mol. The SMILES string of the molecule is CN1CCCC(CNc2cc(N3CCCC(CO)C3)ncn2)C1. The van der Waals surface area contributed by atoms with Crippen molar-refractivity contribution in [1.29, 1.82) is 0 Å². The second kappa shape index (κ2) is 7.93. The van der Waals surface area contributed by atoms with Gasteiger partial charge in [0.1, 0.15) is 18.0 Å². The predicted octanol–water partition coefficient (Wildman–Crippen LogP) is 1.44. The van der Waals surface area contributed by atoms with Gasteiger partial charge < -0.3 is 20.2 Å². The van der Waals surface area contributed by atoms with Gasteiger partial charge in [-0.1, -0.05) is 0 Å². The summed E-state index contributed by atoms with van der Waals surface area (Å²) in [6.07, 6.45) is 6.45. The number of aromatic nitrogens is 2. The van der Waals surface area contributed by atoms with Crippen molar-refractivity contribution in [1.82, 2.24) is 14.9 Å². The van der Waals surface area contributed by atoms with Gasteiger partial charge >= 0.3 is 0 Å². The van der Waals surface area contributed by atoms with Crippen LogP contribution < -0.4 is 10.2 Å². The fraction of sp³-hybridized carbons (Fsp3) is 0.765. The molecule has 2 atom stereocenters. The molecule has 1 aromatic rings. The molecule has 0 saturated carbocycles. The molecule has 1 aromatic heterocycles. The molecule has 2 N–H and O–H groups in total. The van der Waals surface area contributed by atoms with Crippen LogP contribution in [0.1, 0.15) is 25.7 Å². The van der Waals surface area contributed by atoms with E-state index < -0.39 is 0 Å². The lowest BCUT2D eigenvalue weighted by atomic mass is 9.98. The first-order valence-corrected chi connectivity index (χ1v) is 8.85. The molecule has 3 rings (SSSR count). The monoisotopic (exact) mass is 319 g/mol. The fourth-order valence-corrected chi connectivity index (χ4v) is 3.73. The molecular weight excluding hydrogens is 290 g/mol. The molecule has 0 radical (unpaired) electrons. The van der Waals surface area contributed by atoms with E-state index in [4.69, 9.17) is 0 Å². The highest BCUT2D eigenvalue weighted by Crippen LogP contribution is 2.23. The zero-order valence-corrected chi connectivity index (χ0v) is 14.1. The first-order valence-electron chi connectivity index (χ1n) is 8.85. The minimum Gasteiger partial charge on any atom is -0.396 e. The molecule has 2 unspecified atom stereocenters. The lowest BCUT2D eigenvalue weighted by Crippen LogP contribution is -2.37. The summed E-state index contributed by atoms with van der Waals surface area (Å²) >= 11 is 0. The van der Waals surface area contributed by atoms with E-state index in [-0.39, 0.29) is 6.61 Å². The normalized spacial score (nSPS) is 26.3. The van der Waals surface area contributed by atoms with Gasteiger partial charge in [-0.3, -0.25) is 0 Å². The van der Waals surface area contributed by atoms with E-state index in [0.29, 0.717) is 11.8 Å². The Bertz CT molecular complexity index is 498. The average molecular weight is 319 g/mol. The fourth-order valence-electron chi connectivity index (χ4n) is 3.73. The van der Waals surface area contributed by atoms with Crippen LogP contribution in [-0.4, -0.2) is 66.4 Å². The minimum atomic E-state index is 0.266. The van der Waals surface area contributed by atoms with E-state index in [1.165, 1.54) is 19.4 Å². The van der Waals surface area contributed by atoms with Crippen LogP contribution >= 0.6 is 0 Å². The highest BCUT2D eigenvalue weighted by atomic mass is 16.3. The zero-order chi connectivity index (χ0) is 16.1. The van der Waals surface area contributed by atoms with Gasteiger partial charge in [-0.05, 0) is 51.1 Å². The molecule has 0 bridgehead atoms. The van der Waals surface area contributed by atoms with Crippen LogP contribution in [0.25, 0.3) is 0 Å². The number of likely N-dealkylation sites (tertiary alicyclic amines) is 1. The summed E-state index contributed by atoms with van der Waals surface area (Å²) in [6.45, 7) is 5.52. The third kappa shape index (κ3) is 4.54. The molecule has 2 saturated heterocycles. The number of anilines is 2. The van der Waals surface area contributed by atoms with Crippen molar-refractivity contribution in [3.63, 3.8) is 0 Å². The highest BCUT2D eigenvalue weighted by Gasteiger charge is 2.21. The van der Waals surface area contributed by atoms with Crippen LogP contribution in [0.4, 0.5) is 11.6 Å². The zero-order valence-electron chi connectivity index (χ0n) is 14.1. The third-order valence-corrected chi connectivity index (χ3v) is 5.05. The van der Waals surface area contributed by atoms with Crippen LogP contribution in [0.5, 0.6) is 0 Å². The second-order valence-corrected chi connectivity index (χ2v) is 7.05. The number of nitrogens with one attached hydrogen (secondary N) is 1.